The molecule has 1 aromatic heterocycles. The van der Waals surface area contributed by atoms with Crippen LogP contribution < -0.4 is 10.6 Å². The monoisotopic (exact) mass is 429 g/mol. The fourth-order valence-electron chi connectivity index (χ4n) is 3.82. The van der Waals surface area contributed by atoms with Gasteiger partial charge in [0.05, 0.1) is 6.26 Å². The average Bonchev–Trinajstić information content (AvgIpc) is 3.35. The van der Waals surface area contributed by atoms with Crippen LogP contribution in [-0.2, 0) is 17.8 Å². The maximum absolute atomic E-state index is 13.0. The Morgan fingerprint density at radius 1 is 1.03 bits per heavy atom. The maximum atomic E-state index is 13.0. The Hall–Kier alpha value is -3.64. The zero-order valence-corrected chi connectivity index (χ0v) is 18.1. The molecule has 2 aromatic carbocycles. The van der Waals surface area contributed by atoms with Crippen LogP contribution in [0.1, 0.15) is 34.2 Å². The van der Waals surface area contributed by atoms with Crippen molar-refractivity contribution >= 4 is 17.9 Å². The number of furan rings is 1. The van der Waals surface area contributed by atoms with Crippen molar-refractivity contribution in [2.75, 3.05) is 13.1 Å². The van der Waals surface area contributed by atoms with E-state index in [1.165, 1.54) is 23.5 Å². The first-order valence-electron chi connectivity index (χ1n) is 10.8. The molecule has 0 saturated heterocycles. The van der Waals surface area contributed by atoms with Crippen molar-refractivity contribution in [1.29, 1.82) is 0 Å². The number of nitrogens with one attached hydrogen (secondary N) is 2. The Kier molecular flexibility index (Phi) is 6.82. The third kappa shape index (κ3) is 5.34. The molecule has 1 unspecified atom stereocenters. The van der Waals surface area contributed by atoms with E-state index < -0.39 is 0 Å². The minimum absolute atomic E-state index is 0.144. The van der Waals surface area contributed by atoms with Gasteiger partial charge in [0, 0.05) is 37.3 Å². The summed E-state index contributed by atoms with van der Waals surface area (Å²) in [7, 11) is 0. The number of hydrogen-bond donors (Lipinski definition) is 2. The van der Waals surface area contributed by atoms with Gasteiger partial charge in [-0.15, -0.1) is 0 Å². The summed E-state index contributed by atoms with van der Waals surface area (Å²) in [6.07, 6.45) is 4.07. The van der Waals surface area contributed by atoms with Crippen molar-refractivity contribution in [2.24, 2.45) is 0 Å². The lowest BCUT2D eigenvalue weighted by atomic mass is 9.99. The first-order valence-corrected chi connectivity index (χ1v) is 10.8. The number of rotatable bonds is 7. The first kappa shape index (κ1) is 21.6. The number of benzene rings is 2. The van der Waals surface area contributed by atoms with Gasteiger partial charge in [-0.05, 0) is 48.7 Å². The smallest absolute Gasteiger partial charge is 0.267 e. The third-order valence-electron chi connectivity index (χ3n) is 5.70. The van der Waals surface area contributed by atoms with E-state index in [4.69, 9.17) is 4.42 Å². The minimum atomic E-state index is -0.352. The normalized spacial score (nSPS) is 15.0. The van der Waals surface area contributed by atoms with Crippen LogP contribution in [0.3, 0.4) is 0 Å². The number of fused-ring (bicyclic) bond motifs is 1. The summed E-state index contributed by atoms with van der Waals surface area (Å²) in [4.78, 5) is 27.9. The summed E-state index contributed by atoms with van der Waals surface area (Å²) in [5.74, 6) is -0.210. The number of amides is 2. The Morgan fingerprint density at radius 3 is 2.53 bits per heavy atom. The highest BCUT2D eigenvalue weighted by Gasteiger charge is 2.22. The van der Waals surface area contributed by atoms with Gasteiger partial charge in [-0.25, -0.2) is 0 Å². The molecule has 2 amide bonds. The van der Waals surface area contributed by atoms with Crippen molar-refractivity contribution in [3.63, 3.8) is 0 Å². The van der Waals surface area contributed by atoms with Gasteiger partial charge in [0.15, 0.2) is 0 Å². The van der Waals surface area contributed by atoms with Crippen LogP contribution in [-0.4, -0.2) is 35.8 Å². The molecule has 6 nitrogen and oxygen atoms in total. The Bertz CT molecular complexity index is 1090. The second-order valence-electron chi connectivity index (χ2n) is 7.94. The summed E-state index contributed by atoms with van der Waals surface area (Å²) in [6.45, 7) is 4.39. The van der Waals surface area contributed by atoms with E-state index in [1.807, 2.05) is 6.07 Å². The van der Waals surface area contributed by atoms with Crippen LogP contribution in [0.4, 0.5) is 0 Å². The topological polar surface area (TPSA) is 74.6 Å². The molecule has 32 heavy (non-hydrogen) atoms. The quantitative estimate of drug-likeness (QED) is 0.563. The van der Waals surface area contributed by atoms with Gasteiger partial charge < -0.3 is 15.1 Å². The molecule has 1 aliphatic rings. The molecule has 0 saturated carbocycles. The van der Waals surface area contributed by atoms with Gasteiger partial charge in [0.2, 0.25) is 0 Å². The largest absolute Gasteiger partial charge is 0.465 e. The molecule has 0 fully saturated rings. The highest BCUT2D eigenvalue weighted by Crippen LogP contribution is 2.20. The van der Waals surface area contributed by atoms with Gasteiger partial charge in [-0.3, -0.25) is 14.5 Å². The van der Waals surface area contributed by atoms with Crippen molar-refractivity contribution in [2.45, 2.75) is 25.9 Å². The summed E-state index contributed by atoms with van der Waals surface area (Å²) in [5.41, 5.74) is 3.36. The lowest BCUT2D eigenvalue weighted by Crippen LogP contribution is -2.45. The van der Waals surface area contributed by atoms with Crippen LogP contribution in [0.25, 0.3) is 6.08 Å². The van der Waals surface area contributed by atoms with Crippen molar-refractivity contribution in [3.05, 3.63) is 101 Å². The molecule has 0 radical (unpaired) electrons. The van der Waals surface area contributed by atoms with Crippen LogP contribution >= 0.6 is 0 Å². The molecule has 0 spiro atoms. The minimum Gasteiger partial charge on any atom is -0.465 e. The SMILES string of the molecule is CC(CNC(=O)/C(=C/c1ccco1)NC(=O)c1ccccc1)N1CCc2ccccc2C1. The standard InChI is InChI=1S/C26H27N3O3/c1-19(29-14-13-20-8-5-6-11-22(20)18-29)17-27-26(31)24(16-23-12-7-15-32-23)28-25(30)21-9-3-2-4-10-21/h2-12,15-16,19H,13-14,17-18H2,1H3,(H,27,31)(H,28,30)/b24-16-. The highest BCUT2D eigenvalue weighted by atomic mass is 16.3. The van der Waals surface area contributed by atoms with E-state index in [9.17, 15) is 9.59 Å². The molecule has 3 aromatic rings. The maximum Gasteiger partial charge on any atom is 0.267 e. The summed E-state index contributed by atoms with van der Waals surface area (Å²) >= 11 is 0. The predicted octanol–water partition coefficient (Wildman–Crippen LogP) is 3.61. The van der Waals surface area contributed by atoms with E-state index in [0.29, 0.717) is 17.9 Å². The van der Waals surface area contributed by atoms with Crippen LogP contribution in [0.15, 0.2) is 83.1 Å². The lowest BCUT2D eigenvalue weighted by molar-refractivity contribution is -0.118. The van der Waals surface area contributed by atoms with Gasteiger partial charge in [0.25, 0.3) is 11.8 Å². The Balaban J connectivity index is 1.40. The van der Waals surface area contributed by atoms with Gasteiger partial charge in [0.1, 0.15) is 11.5 Å². The molecule has 6 heteroatoms. The fourth-order valence-corrected chi connectivity index (χ4v) is 3.82. The molecular weight excluding hydrogens is 402 g/mol. The third-order valence-corrected chi connectivity index (χ3v) is 5.70. The van der Waals surface area contributed by atoms with Crippen LogP contribution in [0.2, 0.25) is 0 Å². The average molecular weight is 430 g/mol. The number of nitrogens with zero attached hydrogens (tertiary/aromatic N) is 1. The Morgan fingerprint density at radius 2 is 1.78 bits per heavy atom. The summed E-state index contributed by atoms with van der Waals surface area (Å²) in [5, 5.41) is 5.69. The van der Waals surface area contributed by atoms with E-state index in [2.05, 4.69) is 46.7 Å². The lowest BCUT2D eigenvalue weighted by Gasteiger charge is -2.33. The van der Waals surface area contributed by atoms with Crippen molar-refractivity contribution in [1.82, 2.24) is 15.5 Å². The van der Waals surface area contributed by atoms with E-state index in [-0.39, 0.29) is 23.6 Å². The molecule has 164 valence electrons. The van der Waals surface area contributed by atoms with Crippen LogP contribution in [0.5, 0.6) is 0 Å². The second kappa shape index (κ2) is 10.1. The number of carbonyl (C=O) groups excluding carboxylic acids is 2. The Labute approximate surface area is 187 Å². The number of carbonyl (C=O) groups is 2. The van der Waals surface area contributed by atoms with Gasteiger partial charge in [-0.2, -0.15) is 0 Å². The molecule has 2 heterocycles. The zero-order chi connectivity index (χ0) is 22.3. The molecular formula is C26H27N3O3. The van der Waals surface area contributed by atoms with Crippen LogP contribution in [0, 0.1) is 0 Å². The van der Waals surface area contributed by atoms with Gasteiger partial charge >= 0.3 is 0 Å². The number of hydrogen-bond acceptors (Lipinski definition) is 4. The van der Waals surface area contributed by atoms with Crippen molar-refractivity contribution < 1.29 is 14.0 Å². The van der Waals surface area contributed by atoms with Gasteiger partial charge in [-0.1, -0.05) is 42.5 Å². The highest BCUT2D eigenvalue weighted by molar-refractivity contribution is 6.05. The molecule has 4 rings (SSSR count). The molecule has 2 N–H and O–H groups in total. The second-order valence-corrected chi connectivity index (χ2v) is 7.94. The molecule has 0 bridgehead atoms. The molecule has 1 atom stereocenters. The van der Waals surface area contributed by atoms with E-state index in [0.717, 1.165) is 19.5 Å². The molecule has 1 aliphatic heterocycles. The predicted molar refractivity (Wildman–Crippen MR) is 124 cm³/mol. The van der Waals surface area contributed by atoms with E-state index >= 15 is 0 Å². The zero-order valence-electron chi connectivity index (χ0n) is 18.1. The summed E-state index contributed by atoms with van der Waals surface area (Å²) < 4.78 is 5.34. The molecule has 0 aliphatic carbocycles. The summed E-state index contributed by atoms with van der Waals surface area (Å²) in [6, 6.07) is 20.9. The van der Waals surface area contributed by atoms with E-state index in [1.54, 1.807) is 36.4 Å². The van der Waals surface area contributed by atoms with Crippen molar-refractivity contribution in [3.8, 4) is 0 Å². The first-order chi connectivity index (χ1) is 15.6. The fraction of sp³-hybridized carbons (Fsp3) is 0.231.